The molecule has 5 N–H and O–H groups in total. The second kappa shape index (κ2) is 11.3. The average molecular weight is 617 g/mol. The molecule has 2 unspecified atom stereocenters. The van der Waals surface area contributed by atoms with Gasteiger partial charge in [0, 0.05) is 10.3 Å². The lowest BCUT2D eigenvalue weighted by molar-refractivity contribution is -0.150. The zero-order valence-corrected chi connectivity index (χ0v) is 23.4. The van der Waals surface area contributed by atoms with Crippen LogP contribution in [0.3, 0.4) is 0 Å². The second-order valence-electron chi connectivity index (χ2n) is 8.07. The number of carboxylic acid groups (broad SMARTS) is 2. The van der Waals surface area contributed by atoms with Gasteiger partial charge in [-0.25, -0.2) is 14.8 Å². The number of rotatable bonds is 10. The van der Waals surface area contributed by atoms with Crippen LogP contribution in [-0.2, 0) is 52.0 Å². The molecule has 2 aliphatic heterocycles. The molecule has 1 saturated heterocycles. The number of fused-ring (bicyclic) bond motifs is 1. The number of β-lactam (4-membered cyclic amide) rings is 1. The molecule has 208 valence electrons. The summed E-state index contributed by atoms with van der Waals surface area (Å²) in [6, 6.07) is -1.32. The zero-order valence-electron chi connectivity index (χ0n) is 20.1. The lowest BCUT2D eigenvalue weighted by atomic mass is 10.0. The van der Waals surface area contributed by atoms with Crippen molar-refractivity contribution in [3.8, 4) is 0 Å². The topological polar surface area (TPSA) is 232 Å². The number of nitrogens with zero attached hydrogens (tertiary/aromatic N) is 4. The van der Waals surface area contributed by atoms with E-state index in [2.05, 4.69) is 25.3 Å². The third-order valence-corrected chi connectivity index (χ3v) is 10.7. The van der Waals surface area contributed by atoms with Crippen LogP contribution in [0.15, 0.2) is 26.1 Å². The highest BCUT2D eigenvalue weighted by Gasteiger charge is 2.57. The number of aromatic nitrogens is 2. The molecule has 2 aliphatic rings. The van der Waals surface area contributed by atoms with Crippen LogP contribution >= 0.6 is 22.7 Å². The number of hydrogen-bond donors (Lipinski definition) is 4. The highest BCUT2D eigenvalue weighted by Crippen LogP contribution is 2.36. The maximum atomic E-state index is 13.1. The Morgan fingerprint density at radius 1 is 1.36 bits per heavy atom. The van der Waals surface area contributed by atoms with Gasteiger partial charge in [0.2, 0.25) is 0 Å². The van der Waals surface area contributed by atoms with Gasteiger partial charge in [-0.15, -0.1) is 22.7 Å². The van der Waals surface area contributed by atoms with Crippen LogP contribution in [0.25, 0.3) is 0 Å². The molecule has 2 aromatic heterocycles. The third-order valence-electron chi connectivity index (χ3n) is 5.54. The van der Waals surface area contributed by atoms with Crippen LogP contribution in [0.4, 0.5) is 5.13 Å². The standard InChI is InChI=1S/C20H20N6O9S4/c1-7-10(3-11(27)28)37-20(22-7)39(34)6-8-5-38(33)17-13(16(30)26(17)14(8)18(31)32)24-15(29)12(25-35-2)9-4-36-19(21)23-9/h4,13,17H,3,5-6H2,1-2H3,(H2,21,23)(H,24,29)(H,27,28)(H,31,32)/b25-12-/t13-,17-,38?,39?/m1/s1. The molecule has 4 heterocycles. The number of carbonyl (C=O) groups excluding carboxylic acids is 2. The summed E-state index contributed by atoms with van der Waals surface area (Å²) >= 11 is 1.97. The number of hydrogen-bond acceptors (Lipinski definition) is 13. The molecule has 0 spiro atoms. The normalized spacial score (nSPS) is 21.7. The Morgan fingerprint density at radius 2 is 2.08 bits per heavy atom. The quantitative estimate of drug-likeness (QED) is 0.143. The molecule has 39 heavy (non-hydrogen) atoms. The van der Waals surface area contributed by atoms with Gasteiger partial charge >= 0.3 is 11.9 Å². The summed E-state index contributed by atoms with van der Waals surface area (Å²) in [5, 5.41) is 25.4. The van der Waals surface area contributed by atoms with Crippen molar-refractivity contribution in [2.45, 2.75) is 29.1 Å². The third kappa shape index (κ3) is 5.60. The van der Waals surface area contributed by atoms with Gasteiger partial charge in [-0.2, -0.15) is 0 Å². The van der Waals surface area contributed by atoms with Gasteiger partial charge in [-0.05, 0) is 12.5 Å². The highest BCUT2D eigenvalue weighted by atomic mass is 32.2. The van der Waals surface area contributed by atoms with Crippen LogP contribution in [0.2, 0.25) is 0 Å². The van der Waals surface area contributed by atoms with E-state index in [1.54, 1.807) is 6.92 Å². The number of oxime groups is 1. The molecule has 1 fully saturated rings. The fourth-order valence-corrected chi connectivity index (χ4v) is 8.80. The van der Waals surface area contributed by atoms with Crippen molar-refractivity contribution in [1.29, 1.82) is 0 Å². The molecular formula is C20H20N6O9S4. The van der Waals surface area contributed by atoms with Gasteiger partial charge in [0.15, 0.2) is 15.2 Å². The van der Waals surface area contributed by atoms with Crippen molar-refractivity contribution in [1.82, 2.24) is 20.2 Å². The zero-order chi connectivity index (χ0) is 28.6. The first-order valence-electron chi connectivity index (χ1n) is 10.8. The van der Waals surface area contributed by atoms with E-state index in [0.717, 1.165) is 27.6 Å². The average Bonchev–Trinajstić information content (AvgIpc) is 3.45. The molecule has 0 radical (unpaired) electrons. The largest absolute Gasteiger partial charge is 0.481 e. The summed E-state index contributed by atoms with van der Waals surface area (Å²) in [6.45, 7) is 1.57. The van der Waals surface area contributed by atoms with E-state index >= 15 is 0 Å². The van der Waals surface area contributed by atoms with Gasteiger partial charge in [-0.3, -0.25) is 27.7 Å². The number of nitrogen functional groups attached to an aromatic ring is 1. The van der Waals surface area contributed by atoms with Crippen molar-refractivity contribution in [3.63, 3.8) is 0 Å². The van der Waals surface area contributed by atoms with Gasteiger partial charge in [0.05, 0.1) is 45.2 Å². The predicted molar refractivity (Wildman–Crippen MR) is 140 cm³/mol. The SMILES string of the molecule is CO/N=C(\C(=O)N[C@@H]1C(=O)N2C(C(=O)O)=C(CS(=O)c3nc(C)c(CC(=O)O)s3)CS(=O)[C@H]12)c1csc(N)n1. The minimum atomic E-state index is -1.89. The fourth-order valence-electron chi connectivity index (χ4n) is 3.89. The number of aliphatic carboxylic acids is 2. The smallest absolute Gasteiger partial charge is 0.352 e. The van der Waals surface area contributed by atoms with Crippen LogP contribution in [-0.4, -0.2) is 93.0 Å². The minimum absolute atomic E-state index is 0.000707. The number of carbonyl (C=O) groups is 4. The lowest BCUT2D eigenvalue weighted by Gasteiger charge is -2.49. The van der Waals surface area contributed by atoms with Gasteiger partial charge in [0.1, 0.15) is 29.9 Å². The van der Waals surface area contributed by atoms with Gasteiger partial charge in [-0.1, -0.05) is 5.16 Å². The van der Waals surface area contributed by atoms with Crippen molar-refractivity contribution in [3.05, 3.63) is 32.9 Å². The number of nitrogens with one attached hydrogen (secondary N) is 1. The number of anilines is 1. The summed E-state index contributed by atoms with van der Waals surface area (Å²) in [7, 11) is -2.56. The number of carboxylic acids is 2. The molecule has 2 aromatic rings. The number of nitrogens with two attached hydrogens (primary N) is 1. The molecule has 4 atom stereocenters. The van der Waals surface area contributed by atoms with Crippen LogP contribution in [0, 0.1) is 6.92 Å². The first kappa shape index (κ1) is 28.5. The molecule has 19 heteroatoms. The fraction of sp³-hybridized carbons (Fsp3) is 0.350. The minimum Gasteiger partial charge on any atom is -0.481 e. The van der Waals surface area contributed by atoms with E-state index < -0.39 is 62.5 Å². The maximum absolute atomic E-state index is 13.1. The van der Waals surface area contributed by atoms with Crippen LogP contribution in [0.5, 0.6) is 0 Å². The Kier molecular flexibility index (Phi) is 8.23. The van der Waals surface area contributed by atoms with Crippen LogP contribution < -0.4 is 11.1 Å². The lowest BCUT2D eigenvalue weighted by Crippen LogP contribution is -2.74. The monoisotopic (exact) mass is 616 g/mol. The van der Waals surface area contributed by atoms with Crippen molar-refractivity contribution >= 4 is 78.9 Å². The van der Waals surface area contributed by atoms with E-state index in [0.29, 0.717) is 10.6 Å². The number of aryl methyl sites for hydroxylation is 1. The van der Waals surface area contributed by atoms with Gasteiger partial charge < -0.3 is 26.1 Å². The Morgan fingerprint density at radius 3 is 2.67 bits per heavy atom. The molecule has 0 aliphatic carbocycles. The molecule has 0 saturated carbocycles. The summed E-state index contributed by atoms with van der Waals surface area (Å²) in [4.78, 5) is 63.0. The molecular weight excluding hydrogens is 597 g/mol. The molecule has 2 amide bonds. The summed E-state index contributed by atoms with van der Waals surface area (Å²) in [5.74, 6) is -4.98. The maximum Gasteiger partial charge on any atom is 0.352 e. The Hall–Kier alpha value is -3.55. The van der Waals surface area contributed by atoms with E-state index in [9.17, 15) is 32.7 Å². The predicted octanol–water partition coefficient (Wildman–Crippen LogP) is -0.970. The molecule has 15 nitrogen and oxygen atoms in total. The van der Waals surface area contributed by atoms with Crippen molar-refractivity contribution in [2.24, 2.45) is 5.16 Å². The van der Waals surface area contributed by atoms with E-state index in [-0.39, 0.29) is 44.4 Å². The Labute approximate surface area is 232 Å². The van der Waals surface area contributed by atoms with E-state index in [1.807, 2.05) is 0 Å². The Bertz CT molecular complexity index is 1500. The van der Waals surface area contributed by atoms with Crippen molar-refractivity contribution < 1.29 is 42.6 Å². The first-order chi connectivity index (χ1) is 18.4. The van der Waals surface area contributed by atoms with Gasteiger partial charge in [0.25, 0.3) is 11.8 Å². The summed E-state index contributed by atoms with van der Waals surface area (Å²) < 4.78 is 26.2. The Balaban J connectivity index is 1.56. The summed E-state index contributed by atoms with van der Waals surface area (Å²) in [6.07, 6.45) is -0.308. The van der Waals surface area contributed by atoms with Crippen LogP contribution in [0.1, 0.15) is 16.3 Å². The molecule has 0 bridgehead atoms. The highest BCUT2D eigenvalue weighted by molar-refractivity contribution is 7.88. The van der Waals surface area contributed by atoms with Crippen molar-refractivity contribution in [2.75, 3.05) is 24.3 Å². The molecule has 4 rings (SSSR count). The number of amides is 2. The second-order valence-corrected chi connectivity index (χ2v) is 13.2. The van der Waals surface area contributed by atoms with E-state index in [1.165, 1.54) is 12.5 Å². The van der Waals surface area contributed by atoms with E-state index in [4.69, 9.17) is 10.8 Å². The number of thiazole rings is 2. The first-order valence-corrected chi connectivity index (χ1v) is 15.2. The summed E-state index contributed by atoms with van der Waals surface area (Å²) in [5.41, 5.74) is 5.32. The molecule has 0 aromatic carbocycles.